The molecule has 1 atom stereocenters. The maximum absolute atomic E-state index is 13.7. The number of esters is 1. The lowest BCUT2D eigenvalue weighted by Crippen LogP contribution is -2.19. The van der Waals surface area contributed by atoms with Crippen LogP contribution in [0.15, 0.2) is 42.5 Å². The van der Waals surface area contributed by atoms with Crippen molar-refractivity contribution in [3.8, 4) is 5.75 Å². The van der Waals surface area contributed by atoms with Crippen LogP contribution in [0, 0.1) is 11.7 Å². The highest BCUT2D eigenvalue weighted by atomic mass is 35.5. The van der Waals surface area contributed by atoms with E-state index in [1.165, 1.54) is 13.2 Å². The summed E-state index contributed by atoms with van der Waals surface area (Å²) >= 11 is 5.98. The van der Waals surface area contributed by atoms with Crippen LogP contribution in [0.4, 0.5) is 4.39 Å². The normalized spacial score (nSPS) is 12.1. The van der Waals surface area contributed by atoms with Crippen molar-refractivity contribution in [1.82, 2.24) is 0 Å². The molecular weight excluding hydrogens is 331 g/mol. The van der Waals surface area contributed by atoms with Gasteiger partial charge in [-0.1, -0.05) is 43.6 Å². The van der Waals surface area contributed by atoms with Gasteiger partial charge >= 0.3 is 5.97 Å². The van der Waals surface area contributed by atoms with Gasteiger partial charge in [0, 0.05) is 5.56 Å². The van der Waals surface area contributed by atoms with Crippen molar-refractivity contribution in [3.63, 3.8) is 0 Å². The summed E-state index contributed by atoms with van der Waals surface area (Å²) in [6, 6.07) is 11.7. The molecule has 2 aromatic carbocycles. The minimum atomic E-state index is -0.398. The molecule has 0 radical (unpaired) electrons. The molecule has 128 valence electrons. The average Bonchev–Trinajstić information content (AvgIpc) is 2.55. The van der Waals surface area contributed by atoms with E-state index in [1.807, 2.05) is 26.0 Å². The Hall–Kier alpha value is -2.07. The van der Waals surface area contributed by atoms with Gasteiger partial charge in [0.25, 0.3) is 0 Å². The van der Waals surface area contributed by atoms with Crippen LogP contribution >= 0.6 is 11.6 Å². The predicted octanol–water partition coefficient (Wildman–Crippen LogP) is 4.97. The van der Waals surface area contributed by atoms with Crippen molar-refractivity contribution in [2.45, 2.75) is 26.4 Å². The van der Waals surface area contributed by atoms with Gasteiger partial charge in [-0.25, -0.2) is 4.39 Å². The number of methoxy groups -OCH3 is 1. The van der Waals surface area contributed by atoms with Crippen LogP contribution in [0.5, 0.6) is 5.75 Å². The first kappa shape index (κ1) is 18.3. The van der Waals surface area contributed by atoms with Crippen molar-refractivity contribution < 1.29 is 18.7 Å². The monoisotopic (exact) mass is 350 g/mol. The summed E-state index contributed by atoms with van der Waals surface area (Å²) in [6.07, 6.45) is 0. The maximum Gasteiger partial charge on any atom is 0.313 e. The summed E-state index contributed by atoms with van der Waals surface area (Å²) < 4.78 is 24.2. The van der Waals surface area contributed by atoms with Crippen molar-refractivity contribution in [2.24, 2.45) is 5.92 Å². The number of hydrogen-bond acceptors (Lipinski definition) is 3. The summed E-state index contributed by atoms with van der Waals surface area (Å²) in [7, 11) is 1.38. The first-order chi connectivity index (χ1) is 11.4. The van der Waals surface area contributed by atoms with Crippen molar-refractivity contribution in [3.05, 3.63) is 64.4 Å². The molecule has 3 nitrogen and oxygen atoms in total. The van der Waals surface area contributed by atoms with E-state index in [-0.39, 0.29) is 24.4 Å². The second kappa shape index (κ2) is 8.15. The van der Waals surface area contributed by atoms with Crippen LogP contribution in [0.2, 0.25) is 5.02 Å². The van der Waals surface area contributed by atoms with Gasteiger partial charge in [-0.05, 0) is 35.7 Å². The highest BCUT2D eigenvalue weighted by Crippen LogP contribution is 2.28. The first-order valence-electron chi connectivity index (χ1n) is 7.67. The van der Waals surface area contributed by atoms with Crippen molar-refractivity contribution >= 4 is 17.6 Å². The van der Waals surface area contributed by atoms with Gasteiger partial charge in [-0.3, -0.25) is 4.79 Å². The fourth-order valence-electron chi connectivity index (χ4n) is 2.52. The van der Waals surface area contributed by atoms with E-state index >= 15 is 0 Å². The Kier molecular flexibility index (Phi) is 6.21. The minimum Gasteiger partial charge on any atom is -0.489 e. The SMILES string of the molecule is COC(=O)C(c1ccc(OCc2c(F)cccc2Cl)cc1)C(C)C. The maximum atomic E-state index is 13.7. The van der Waals surface area contributed by atoms with Gasteiger partial charge in [-0.15, -0.1) is 0 Å². The lowest BCUT2D eigenvalue weighted by Gasteiger charge is -2.19. The Labute approximate surface area is 146 Å². The summed E-state index contributed by atoms with van der Waals surface area (Å²) in [4.78, 5) is 11.9. The lowest BCUT2D eigenvalue weighted by atomic mass is 9.88. The fourth-order valence-corrected chi connectivity index (χ4v) is 2.73. The number of halogens is 2. The molecule has 2 rings (SSSR count). The van der Waals surface area contributed by atoms with E-state index in [4.69, 9.17) is 21.1 Å². The summed E-state index contributed by atoms with van der Waals surface area (Å²) in [5, 5.41) is 0.331. The Morgan fingerprint density at radius 1 is 1.17 bits per heavy atom. The Balaban J connectivity index is 2.10. The molecule has 0 aliphatic heterocycles. The Morgan fingerprint density at radius 3 is 2.38 bits per heavy atom. The topological polar surface area (TPSA) is 35.5 Å². The molecule has 0 amide bonds. The molecule has 0 bridgehead atoms. The highest BCUT2D eigenvalue weighted by molar-refractivity contribution is 6.31. The number of ether oxygens (including phenoxy) is 2. The van der Waals surface area contributed by atoms with Gasteiger partial charge < -0.3 is 9.47 Å². The molecule has 0 spiro atoms. The number of hydrogen-bond donors (Lipinski definition) is 0. The van der Waals surface area contributed by atoms with E-state index in [0.717, 1.165) is 5.56 Å². The first-order valence-corrected chi connectivity index (χ1v) is 8.05. The predicted molar refractivity (Wildman–Crippen MR) is 91.8 cm³/mol. The van der Waals surface area contributed by atoms with E-state index in [2.05, 4.69) is 0 Å². The Morgan fingerprint density at radius 2 is 1.83 bits per heavy atom. The standard InChI is InChI=1S/C19H20ClFO3/c1-12(2)18(19(22)23-3)13-7-9-14(10-8-13)24-11-15-16(20)5-4-6-17(15)21/h4-10,12,18H,11H2,1-3H3. The molecule has 5 heteroatoms. The van der Waals surface area contributed by atoms with Gasteiger partial charge in [0.15, 0.2) is 0 Å². The quantitative estimate of drug-likeness (QED) is 0.690. The third-order valence-corrected chi connectivity index (χ3v) is 4.16. The second-order valence-corrected chi connectivity index (χ2v) is 6.21. The van der Waals surface area contributed by atoms with E-state index in [0.29, 0.717) is 16.3 Å². The Bertz CT molecular complexity index is 678. The largest absolute Gasteiger partial charge is 0.489 e. The van der Waals surface area contributed by atoms with Gasteiger partial charge in [0.1, 0.15) is 18.2 Å². The van der Waals surface area contributed by atoms with Crippen molar-refractivity contribution in [1.29, 1.82) is 0 Å². The number of benzene rings is 2. The molecule has 0 saturated carbocycles. The summed E-state index contributed by atoms with van der Waals surface area (Å²) in [5.74, 6) is -0.307. The number of carbonyl (C=O) groups excluding carboxylic acids is 1. The summed E-state index contributed by atoms with van der Waals surface area (Å²) in [6.45, 7) is 3.97. The third kappa shape index (κ3) is 4.26. The van der Waals surface area contributed by atoms with Crippen LogP contribution in [0.3, 0.4) is 0 Å². The molecule has 0 fully saturated rings. The molecule has 2 aromatic rings. The molecule has 0 heterocycles. The van der Waals surface area contributed by atoms with Crippen LogP contribution in [0.25, 0.3) is 0 Å². The van der Waals surface area contributed by atoms with Gasteiger partial charge in [0.05, 0.1) is 18.1 Å². The molecule has 1 unspecified atom stereocenters. The second-order valence-electron chi connectivity index (χ2n) is 5.80. The number of rotatable bonds is 6. The molecular formula is C19H20ClFO3. The molecule has 0 aliphatic rings. The van der Waals surface area contributed by atoms with Crippen LogP contribution < -0.4 is 4.74 Å². The lowest BCUT2D eigenvalue weighted by molar-refractivity contribution is -0.143. The smallest absolute Gasteiger partial charge is 0.313 e. The zero-order valence-electron chi connectivity index (χ0n) is 13.9. The molecule has 0 N–H and O–H groups in total. The molecule has 0 aromatic heterocycles. The molecule has 24 heavy (non-hydrogen) atoms. The van der Waals surface area contributed by atoms with Crippen molar-refractivity contribution in [2.75, 3.05) is 7.11 Å². The van der Waals surface area contributed by atoms with E-state index in [1.54, 1.807) is 24.3 Å². The highest BCUT2D eigenvalue weighted by Gasteiger charge is 2.24. The van der Waals surface area contributed by atoms with Crippen LogP contribution in [-0.4, -0.2) is 13.1 Å². The number of carbonyl (C=O) groups is 1. The zero-order valence-corrected chi connectivity index (χ0v) is 14.6. The van der Waals surface area contributed by atoms with Crippen LogP contribution in [0.1, 0.15) is 30.9 Å². The third-order valence-electron chi connectivity index (χ3n) is 3.81. The fraction of sp³-hybridized carbons (Fsp3) is 0.316. The minimum absolute atomic E-state index is 0.0372. The van der Waals surface area contributed by atoms with Gasteiger partial charge in [-0.2, -0.15) is 0 Å². The molecule has 0 aliphatic carbocycles. The van der Waals surface area contributed by atoms with Crippen LogP contribution in [-0.2, 0) is 16.1 Å². The van der Waals surface area contributed by atoms with Gasteiger partial charge in [0.2, 0.25) is 0 Å². The average molecular weight is 351 g/mol. The summed E-state index contributed by atoms with van der Waals surface area (Å²) in [5.41, 5.74) is 1.17. The zero-order chi connectivity index (χ0) is 17.7. The molecule has 0 saturated heterocycles. The van der Waals surface area contributed by atoms with E-state index < -0.39 is 5.82 Å². The van der Waals surface area contributed by atoms with E-state index in [9.17, 15) is 9.18 Å².